The predicted molar refractivity (Wildman–Crippen MR) is 142 cm³/mol. The van der Waals surface area contributed by atoms with Crippen LogP contribution in [0.3, 0.4) is 0 Å². The highest BCUT2D eigenvalue weighted by Crippen LogP contribution is 2.47. The maximum absolute atomic E-state index is 13.7. The zero-order valence-corrected chi connectivity index (χ0v) is 21.8. The number of thioether (sulfide) groups is 1. The number of nitrogens with one attached hydrogen (secondary N) is 1. The Kier molecular flexibility index (Phi) is 8.10. The number of carbonyl (C=O) groups is 2. The molecule has 2 amide bonds. The number of rotatable bonds is 9. The lowest BCUT2D eigenvalue weighted by Crippen LogP contribution is -2.42. The number of allylic oxidation sites excluding steroid dienone is 1. The number of fused-ring (bicyclic) bond motifs is 1. The molecule has 3 heterocycles. The fourth-order valence-electron chi connectivity index (χ4n) is 4.43. The summed E-state index contributed by atoms with van der Waals surface area (Å²) in [5.41, 5.74) is 3.69. The van der Waals surface area contributed by atoms with Crippen molar-refractivity contribution in [3.05, 3.63) is 82.3 Å². The van der Waals surface area contributed by atoms with Gasteiger partial charge in [-0.1, -0.05) is 36.0 Å². The van der Waals surface area contributed by atoms with Gasteiger partial charge in [-0.3, -0.25) is 14.6 Å². The molecule has 1 N–H and O–H groups in total. The van der Waals surface area contributed by atoms with Crippen molar-refractivity contribution in [2.75, 3.05) is 20.2 Å². The number of amides is 2. The minimum Gasteiger partial charge on any atom is -0.496 e. The van der Waals surface area contributed by atoms with Crippen LogP contribution >= 0.6 is 11.8 Å². The molecule has 1 atom stereocenters. The average Bonchev–Trinajstić information content (AvgIpc) is 3.29. The zero-order valence-electron chi connectivity index (χ0n) is 21.0. The Morgan fingerprint density at radius 1 is 1.14 bits per heavy atom. The molecule has 4 rings (SSSR count). The molecule has 36 heavy (non-hydrogen) atoms. The Morgan fingerprint density at radius 3 is 2.58 bits per heavy atom. The van der Waals surface area contributed by atoms with Gasteiger partial charge in [0.2, 0.25) is 5.91 Å². The van der Waals surface area contributed by atoms with Gasteiger partial charge in [0.15, 0.2) is 5.17 Å². The second-order valence-corrected chi connectivity index (χ2v) is 9.22. The summed E-state index contributed by atoms with van der Waals surface area (Å²) in [4.78, 5) is 39.5. The summed E-state index contributed by atoms with van der Waals surface area (Å²) in [5, 5.41) is 5.63. The van der Waals surface area contributed by atoms with E-state index in [1.165, 1.54) is 11.8 Å². The van der Waals surface area contributed by atoms with E-state index in [0.717, 1.165) is 22.1 Å². The van der Waals surface area contributed by atoms with E-state index >= 15 is 0 Å². The van der Waals surface area contributed by atoms with E-state index in [9.17, 15) is 9.59 Å². The Labute approximate surface area is 216 Å². The van der Waals surface area contributed by atoms with Gasteiger partial charge in [0, 0.05) is 30.5 Å². The highest BCUT2D eigenvalue weighted by Gasteiger charge is 2.42. The van der Waals surface area contributed by atoms with E-state index in [-0.39, 0.29) is 18.2 Å². The van der Waals surface area contributed by atoms with Crippen molar-refractivity contribution in [2.45, 2.75) is 39.8 Å². The summed E-state index contributed by atoms with van der Waals surface area (Å²) in [5.74, 6) is 0.486. The number of hydrogen-bond donors (Lipinski definition) is 1. The molecule has 0 spiro atoms. The first-order valence-electron chi connectivity index (χ1n) is 12.0. The number of carbonyl (C=O) groups excluding carboxylic acids is 2. The lowest BCUT2D eigenvalue weighted by molar-refractivity contribution is -0.127. The van der Waals surface area contributed by atoms with Crippen LogP contribution in [0.1, 0.15) is 44.5 Å². The summed E-state index contributed by atoms with van der Waals surface area (Å²) in [7, 11) is 1.62. The molecule has 1 aromatic carbocycles. The van der Waals surface area contributed by atoms with E-state index in [1.54, 1.807) is 18.2 Å². The van der Waals surface area contributed by atoms with E-state index < -0.39 is 6.04 Å². The minimum absolute atomic E-state index is 0.0629. The monoisotopic (exact) mass is 505 g/mol. The fourth-order valence-corrected chi connectivity index (χ4v) is 5.39. The molecule has 2 aromatic rings. The molecule has 2 aliphatic rings. The number of aliphatic imine (C=N–C) groups is 1. The Balaban J connectivity index is 1.68. The minimum atomic E-state index is -0.466. The summed E-state index contributed by atoms with van der Waals surface area (Å²) < 4.78 is 5.70. The number of ether oxygens (including phenoxy) is 1. The number of likely N-dealkylation sites (N-methyl/N-ethyl adjacent to an activating group) is 1. The Hall–Kier alpha value is -3.59. The largest absolute Gasteiger partial charge is 0.496 e. The molecule has 2 aliphatic heterocycles. The van der Waals surface area contributed by atoms with Crippen molar-refractivity contribution < 1.29 is 14.3 Å². The first-order chi connectivity index (χ1) is 17.5. The predicted octanol–water partition coefficient (Wildman–Crippen LogP) is 4.24. The average molecular weight is 506 g/mol. The van der Waals surface area contributed by atoms with Gasteiger partial charge in [-0.2, -0.15) is 0 Å². The molecule has 9 heteroatoms. The van der Waals surface area contributed by atoms with Crippen molar-refractivity contribution in [2.24, 2.45) is 4.99 Å². The van der Waals surface area contributed by atoms with Gasteiger partial charge < -0.3 is 19.9 Å². The van der Waals surface area contributed by atoms with Crippen molar-refractivity contribution >= 4 is 28.7 Å². The van der Waals surface area contributed by atoms with Crippen molar-refractivity contribution in [3.63, 3.8) is 0 Å². The fraction of sp³-hybridized carbons (Fsp3) is 0.333. The van der Waals surface area contributed by atoms with Crippen molar-refractivity contribution in [3.8, 4) is 5.75 Å². The number of methoxy groups -OCH3 is 1. The number of aromatic nitrogens is 1. The van der Waals surface area contributed by atoms with Gasteiger partial charge in [0.1, 0.15) is 5.75 Å². The van der Waals surface area contributed by atoms with E-state index in [2.05, 4.69) is 10.3 Å². The molecule has 0 fully saturated rings. The van der Waals surface area contributed by atoms with Gasteiger partial charge in [-0.15, -0.1) is 0 Å². The van der Waals surface area contributed by atoms with Crippen LogP contribution < -0.4 is 10.1 Å². The number of nitrogens with zero attached hydrogens (tertiary/aromatic N) is 4. The van der Waals surface area contributed by atoms with E-state index in [1.807, 2.05) is 73.5 Å². The van der Waals surface area contributed by atoms with Crippen LogP contribution in [-0.4, -0.2) is 52.0 Å². The maximum Gasteiger partial charge on any atom is 0.254 e. The zero-order chi connectivity index (χ0) is 25.7. The first kappa shape index (κ1) is 25.5. The second kappa shape index (κ2) is 11.4. The molecule has 1 aromatic heterocycles. The molecule has 0 saturated carbocycles. The van der Waals surface area contributed by atoms with Crippen LogP contribution in [-0.2, 0) is 16.1 Å². The smallest absolute Gasteiger partial charge is 0.254 e. The number of pyridine rings is 1. The Bertz CT molecular complexity index is 1220. The van der Waals surface area contributed by atoms with Gasteiger partial charge in [-0.05, 0) is 44.4 Å². The molecule has 0 radical (unpaired) electrons. The number of hydrogen-bond acceptors (Lipinski definition) is 7. The molecule has 0 bridgehead atoms. The highest BCUT2D eigenvalue weighted by molar-refractivity contribution is 8.16. The van der Waals surface area contributed by atoms with Crippen LogP contribution in [0.5, 0.6) is 5.75 Å². The quantitative estimate of drug-likeness (QED) is 0.549. The summed E-state index contributed by atoms with van der Waals surface area (Å²) in [6.45, 7) is 7.35. The molecular formula is C27H31N5O3S. The number of para-hydroxylation sites is 1. The van der Waals surface area contributed by atoms with Crippen LogP contribution in [0, 0.1) is 0 Å². The van der Waals surface area contributed by atoms with Gasteiger partial charge in [0.05, 0.1) is 43.1 Å². The summed E-state index contributed by atoms with van der Waals surface area (Å²) >= 11 is 1.46. The molecule has 188 valence electrons. The standard InChI is InChI=1S/C27H31N5O3S/c1-5-31(6-2)26(34)24-18(3)30-27-32(25(24)21-12-7-8-13-22(21)35-4)20(17-36-27)15-23(33)29-16-19-11-9-10-14-28-19/h7-14,17,25H,5-6,15-16H2,1-4H3,(H,29,33). The van der Waals surface area contributed by atoms with Crippen LogP contribution in [0.25, 0.3) is 0 Å². The normalized spacial score (nSPS) is 16.8. The van der Waals surface area contributed by atoms with E-state index in [4.69, 9.17) is 9.73 Å². The Morgan fingerprint density at radius 2 is 1.89 bits per heavy atom. The maximum atomic E-state index is 13.7. The third-order valence-corrected chi connectivity index (χ3v) is 7.14. The van der Waals surface area contributed by atoms with Crippen LogP contribution in [0.2, 0.25) is 0 Å². The second-order valence-electron chi connectivity index (χ2n) is 8.39. The van der Waals surface area contributed by atoms with Crippen molar-refractivity contribution in [1.29, 1.82) is 0 Å². The van der Waals surface area contributed by atoms with E-state index in [0.29, 0.717) is 36.7 Å². The lowest BCUT2D eigenvalue weighted by atomic mass is 9.92. The summed E-state index contributed by atoms with van der Waals surface area (Å²) in [6.07, 6.45) is 1.85. The molecular weight excluding hydrogens is 474 g/mol. The van der Waals surface area contributed by atoms with Crippen LogP contribution in [0.15, 0.2) is 76.0 Å². The third-order valence-electron chi connectivity index (χ3n) is 6.25. The van der Waals surface area contributed by atoms with Gasteiger partial charge in [0.25, 0.3) is 5.91 Å². The first-order valence-corrected chi connectivity index (χ1v) is 12.9. The number of benzene rings is 1. The topological polar surface area (TPSA) is 87.1 Å². The van der Waals surface area contributed by atoms with Gasteiger partial charge >= 0.3 is 0 Å². The number of amidine groups is 1. The van der Waals surface area contributed by atoms with Gasteiger partial charge in [-0.25, -0.2) is 4.99 Å². The molecule has 0 aliphatic carbocycles. The van der Waals surface area contributed by atoms with Crippen LogP contribution in [0.4, 0.5) is 0 Å². The summed E-state index contributed by atoms with van der Waals surface area (Å²) in [6, 6.07) is 12.8. The molecule has 8 nitrogen and oxygen atoms in total. The SMILES string of the molecule is CCN(CC)C(=O)C1=C(C)N=C2SC=C(CC(=O)NCc3ccccn3)N2C1c1ccccc1OC. The lowest BCUT2D eigenvalue weighted by Gasteiger charge is -2.38. The molecule has 1 unspecified atom stereocenters. The third kappa shape index (κ3) is 5.16. The van der Waals surface area contributed by atoms with Crippen molar-refractivity contribution in [1.82, 2.24) is 20.1 Å². The molecule has 0 saturated heterocycles. The highest BCUT2D eigenvalue weighted by atomic mass is 32.2.